The highest BCUT2D eigenvalue weighted by Gasteiger charge is 2.09. The minimum atomic E-state index is -3.44. The van der Waals surface area contributed by atoms with Gasteiger partial charge in [-0.2, -0.15) is 0 Å². The lowest BCUT2D eigenvalue weighted by Gasteiger charge is -2.03. The summed E-state index contributed by atoms with van der Waals surface area (Å²) in [4.78, 5) is 13.1. The molecular weight excluding hydrogens is 356 g/mol. The fourth-order valence-corrected chi connectivity index (χ4v) is 3.49. The van der Waals surface area contributed by atoms with Gasteiger partial charge >= 0.3 is 0 Å². The van der Waals surface area contributed by atoms with Crippen LogP contribution in [-0.2, 0) is 14.8 Å². The van der Waals surface area contributed by atoms with Crippen molar-refractivity contribution in [1.82, 2.24) is 10.0 Å². The van der Waals surface area contributed by atoms with Crippen molar-refractivity contribution in [1.29, 1.82) is 0 Å². The van der Waals surface area contributed by atoms with Gasteiger partial charge in [-0.15, -0.1) is 11.8 Å². The maximum absolute atomic E-state index is 11.8. The van der Waals surface area contributed by atoms with Crippen LogP contribution in [-0.4, -0.2) is 33.7 Å². The molecule has 0 heterocycles. The molecule has 0 aromatic heterocycles. The molecule has 0 radical (unpaired) electrons. The molecule has 0 aliphatic heterocycles. The van der Waals surface area contributed by atoms with Crippen LogP contribution in [0, 0.1) is 0 Å². The molecule has 2 aromatic rings. The van der Waals surface area contributed by atoms with E-state index < -0.39 is 10.0 Å². The third-order valence-electron chi connectivity index (χ3n) is 3.30. The number of carbonyl (C=O) groups excluding carboxylic acids is 1. The van der Waals surface area contributed by atoms with E-state index in [0.29, 0.717) is 6.54 Å². The first kappa shape index (κ1) is 19.2. The predicted molar refractivity (Wildman–Crippen MR) is 102 cm³/mol. The number of sulfonamides is 1. The third-order valence-corrected chi connectivity index (χ3v) is 5.74. The maximum Gasteiger partial charge on any atom is 0.244 e. The summed E-state index contributed by atoms with van der Waals surface area (Å²) in [5, 5.41) is 2.82. The van der Waals surface area contributed by atoms with Crippen LogP contribution in [0.15, 0.2) is 70.5 Å². The molecule has 0 atom stereocenters. The van der Waals surface area contributed by atoms with Gasteiger partial charge in [0.1, 0.15) is 0 Å². The number of nitrogens with one attached hydrogen (secondary N) is 2. The number of amides is 1. The Morgan fingerprint density at radius 2 is 1.76 bits per heavy atom. The molecule has 0 saturated carbocycles. The average Bonchev–Trinajstić information content (AvgIpc) is 2.65. The molecule has 0 spiro atoms. The molecule has 25 heavy (non-hydrogen) atoms. The minimum Gasteiger partial charge on any atom is -0.352 e. The number of hydrogen-bond acceptors (Lipinski definition) is 4. The summed E-state index contributed by atoms with van der Waals surface area (Å²) in [6, 6.07) is 16.3. The monoisotopic (exact) mass is 376 g/mol. The van der Waals surface area contributed by atoms with Gasteiger partial charge in [-0.05, 0) is 43.0 Å². The van der Waals surface area contributed by atoms with E-state index in [9.17, 15) is 13.2 Å². The summed E-state index contributed by atoms with van der Waals surface area (Å²) in [6.45, 7) is 0.572. The van der Waals surface area contributed by atoms with Crippen molar-refractivity contribution >= 4 is 33.8 Å². The molecular formula is C18H20N2O3S2. The van der Waals surface area contributed by atoms with Gasteiger partial charge in [0.2, 0.25) is 15.9 Å². The van der Waals surface area contributed by atoms with Crippen LogP contribution in [0.2, 0.25) is 0 Å². The van der Waals surface area contributed by atoms with E-state index in [2.05, 4.69) is 10.0 Å². The Morgan fingerprint density at radius 3 is 2.40 bits per heavy atom. The third kappa shape index (κ3) is 6.38. The van der Waals surface area contributed by atoms with Crippen LogP contribution in [0.3, 0.4) is 0 Å². The molecule has 0 fully saturated rings. The maximum atomic E-state index is 11.8. The zero-order valence-corrected chi connectivity index (χ0v) is 15.4. The molecule has 0 unspecified atom stereocenters. The Bertz CT molecular complexity index is 817. The van der Waals surface area contributed by atoms with Crippen LogP contribution in [0.4, 0.5) is 0 Å². The molecule has 2 aromatic carbocycles. The lowest BCUT2D eigenvalue weighted by molar-refractivity contribution is -0.116. The SMILES string of the molecule is CNS(=O)(=O)c1ccc(/C=C/C(=O)NCCSc2ccccc2)cc1. The topological polar surface area (TPSA) is 75.3 Å². The van der Waals surface area contributed by atoms with Crippen molar-refractivity contribution < 1.29 is 13.2 Å². The Morgan fingerprint density at radius 1 is 1.08 bits per heavy atom. The second kappa shape index (κ2) is 9.41. The number of carbonyl (C=O) groups is 1. The average molecular weight is 377 g/mol. The lowest BCUT2D eigenvalue weighted by atomic mass is 10.2. The largest absolute Gasteiger partial charge is 0.352 e. The molecule has 0 aliphatic rings. The van der Waals surface area contributed by atoms with Crippen LogP contribution in [0.1, 0.15) is 5.56 Å². The molecule has 2 N–H and O–H groups in total. The lowest BCUT2D eigenvalue weighted by Crippen LogP contribution is -2.23. The normalized spacial score (nSPS) is 11.6. The highest BCUT2D eigenvalue weighted by Crippen LogP contribution is 2.15. The van der Waals surface area contributed by atoms with Gasteiger partial charge in [0.15, 0.2) is 0 Å². The van der Waals surface area contributed by atoms with Crippen molar-refractivity contribution in [2.75, 3.05) is 19.3 Å². The summed E-state index contributed by atoms with van der Waals surface area (Å²) in [5.74, 6) is 0.612. The van der Waals surface area contributed by atoms with E-state index in [0.717, 1.165) is 11.3 Å². The Kier molecular flexibility index (Phi) is 7.24. The van der Waals surface area contributed by atoms with Crippen LogP contribution in [0.25, 0.3) is 6.08 Å². The highest BCUT2D eigenvalue weighted by molar-refractivity contribution is 7.99. The highest BCUT2D eigenvalue weighted by atomic mass is 32.2. The van der Waals surface area contributed by atoms with Gasteiger partial charge in [-0.25, -0.2) is 13.1 Å². The van der Waals surface area contributed by atoms with Crippen molar-refractivity contribution in [2.45, 2.75) is 9.79 Å². The summed E-state index contributed by atoms with van der Waals surface area (Å²) in [7, 11) is -2.08. The standard InChI is InChI=1S/C18H20N2O3S2/c1-19-25(22,23)17-10-7-15(8-11-17)9-12-18(21)20-13-14-24-16-5-3-2-4-6-16/h2-12,19H,13-14H2,1H3,(H,20,21)/b12-9+. The molecule has 1 amide bonds. The van der Waals surface area contributed by atoms with Gasteiger partial charge < -0.3 is 5.32 Å². The van der Waals surface area contributed by atoms with Gasteiger partial charge in [-0.3, -0.25) is 4.79 Å². The van der Waals surface area contributed by atoms with Crippen molar-refractivity contribution in [2.24, 2.45) is 0 Å². The smallest absolute Gasteiger partial charge is 0.244 e. The molecule has 5 nitrogen and oxygen atoms in total. The van der Waals surface area contributed by atoms with E-state index in [1.807, 2.05) is 30.3 Å². The first-order valence-corrected chi connectivity index (χ1v) is 10.2. The number of hydrogen-bond donors (Lipinski definition) is 2. The van der Waals surface area contributed by atoms with Crippen LogP contribution in [0.5, 0.6) is 0 Å². The number of rotatable bonds is 8. The molecule has 7 heteroatoms. The molecule has 0 bridgehead atoms. The minimum absolute atomic E-state index is 0.180. The van der Waals surface area contributed by atoms with Crippen LogP contribution >= 0.6 is 11.8 Å². The molecule has 2 rings (SSSR count). The van der Waals surface area contributed by atoms with E-state index in [-0.39, 0.29) is 10.8 Å². The number of thioether (sulfide) groups is 1. The van der Waals surface area contributed by atoms with Gasteiger partial charge in [-0.1, -0.05) is 30.3 Å². The van der Waals surface area contributed by atoms with E-state index in [1.54, 1.807) is 30.0 Å². The van der Waals surface area contributed by atoms with E-state index in [4.69, 9.17) is 0 Å². The summed E-state index contributed by atoms with van der Waals surface area (Å²) in [6.07, 6.45) is 3.09. The molecule has 132 valence electrons. The van der Waals surface area contributed by atoms with E-state index in [1.165, 1.54) is 30.2 Å². The second-order valence-electron chi connectivity index (χ2n) is 5.06. The first-order valence-electron chi connectivity index (χ1n) is 7.68. The Labute approximate surface area is 152 Å². The van der Waals surface area contributed by atoms with Crippen molar-refractivity contribution in [3.8, 4) is 0 Å². The zero-order chi connectivity index (χ0) is 18.1. The van der Waals surface area contributed by atoms with Crippen LogP contribution < -0.4 is 10.0 Å². The fraction of sp³-hybridized carbons (Fsp3) is 0.167. The van der Waals surface area contributed by atoms with Gasteiger partial charge in [0, 0.05) is 23.3 Å². The Balaban J connectivity index is 1.78. The predicted octanol–water partition coefficient (Wildman–Crippen LogP) is 2.52. The van der Waals surface area contributed by atoms with Crippen molar-refractivity contribution in [3.63, 3.8) is 0 Å². The van der Waals surface area contributed by atoms with Gasteiger partial charge in [0.05, 0.1) is 4.90 Å². The Hall–Kier alpha value is -2.09. The summed E-state index contributed by atoms with van der Waals surface area (Å²) in [5.41, 5.74) is 0.754. The zero-order valence-electron chi connectivity index (χ0n) is 13.8. The van der Waals surface area contributed by atoms with Crippen molar-refractivity contribution in [3.05, 3.63) is 66.2 Å². The molecule has 0 aliphatic carbocycles. The van der Waals surface area contributed by atoms with E-state index >= 15 is 0 Å². The summed E-state index contributed by atoms with van der Waals surface area (Å²) < 4.78 is 25.5. The fourth-order valence-electron chi connectivity index (χ4n) is 1.97. The first-order chi connectivity index (χ1) is 12.0. The number of benzene rings is 2. The second-order valence-corrected chi connectivity index (χ2v) is 8.12. The molecule has 0 saturated heterocycles. The summed E-state index contributed by atoms with van der Waals surface area (Å²) >= 11 is 1.68. The van der Waals surface area contributed by atoms with Gasteiger partial charge in [0.25, 0.3) is 0 Å². The quantitative estimate of drug-likeness (QED) is 0.422.